The van der Waals surface area contributed by atoms with Gasteiger partial charge in [-0.15, -0.1) is 0 Å². The van der Waals surface area contributed by atoms with E-state index in [9.17, 15) is 14.4 Å². The molecule has 0 atom stereocenters. The van der Waals surface area contributed by atoms with E-state index < -0.39 is 5.69 Å². The first-order valence-corrected chi connectivity index (χ1v) is 9.36. The number of hydrogen-bond donors (Lipinski definition) is 1. The molecule has 8 heteroatoms. The summed E-state index contributed by atoms with van der Waals surface area (Å²) in [5, 5.41) is 3.55. The molecule has 1 saturated heterocycles. The Bertz CT molecular complexity index is 983. The number of rotatable bonds is 4. The molecule has 1 aliphatic heterocycles. The molecule has 1 N–H and O–H groups in total. The summed E-state index contributed by atoms with van der Waals surface area (Å²) >= 11 is 0. The summed E-state index contributed by atoms with van der Waals surface area (Å²) in [5.74, 6) is 0.497. The first-order valence-electron chi connectivity index (χ1n) is 9.36. The summed E-state index contributed by atoms with van der Waals surface area (Å²) in [7, 11) is 4.96. The van der Waals surface area contributed by atoms with Gasteiger partial charge in [0.25, 0.3) is 11.5 Å². The quantitative estimate of drug-likeness (QED) is 0.838. The van der Waals surface area contributed by atoms with Crippen molar-refractivity contribution in [3.63, 3.8) is 0 Å². The molecule has 3 rings (SSSR count). The Morgan fingerprint density at radius 3 is 2.52 bits per heavy atom. The Labute approximate surface area is 157 Å². The van der Waals surface area contributed by atoms with E-state index in [1.807, 2.05) is 11.9 Å². The number of nitrogens with zero attached hydrogens (tertiary/aromatic N) is 4. The van der Waals surface area contributed by atoms with Gasteiger partial charge in [0.05, 0.1) is 5.39 Å². The Kier molecular flexibility index (Phi) is 5.46. The van der Waals surface area contributed by atoms with E-state index in [1.165, 1.54) is 11.6 Å². The van der Waals surface area contributed by atoms with E-state index in [1.54, 1.807) is 20.0 Å². The van der Waals surface area contributed by atoms with Crippen LogP contribution in [0.3, 0.4) is 0 Å². The van der Waals surface area contributed by atoms with E-state index >= 15 is 0 Å². The van der Waals surface area contributed by atoms with Crippen LogP contribution in [-0.4, -0.2) is 51.6 Å². The fourth-order valence-corrected chi connectivity index (χ4v) is 3.78. The Morgan fingerprint density at radius 2 is 1.89 bits per heavy atom. The maximum absolute atomic E-state index is 12.9. The molecule has 0 saturated carbocycles. The Hall–Kier alpha value is -2.48. The molecule has 2 aromatic heterocycles. The number of carbonyl (C=O) groups is 1. The molecular weight excluding hydrogens is 346 g/mol. The van der Waals surface area contributed by atoms with Crippen LogP contribution in [0.1, 0.15) is 35.3 Å². The van der Waals surface area contributed by atoms with Crippen molar-refractivity contribution >= 4 is 16.9 Å². The fourth-order valence-electron chi connectivity index (χ4n) is 3.78. The van der Waals surface area contributed by atoms with E-state index in [4.69, 9.17) is 0 Å². The topological polar surface area (TPSA) is 89.2 Å². The van der Waals surface area contributed by atoms with Crippen molar-refractivity contribution in [1.82, 2.24) is 24.3 Å². The molecule has 1 amide bonds. The number of likely N-dealkylation sites (tertiary alicyclic amines) is 1. The molecule has 8 nitrogen and oxygen atoms in total. The molecule has 0 radical (unpaired) electrons. The van der Waals surface area contributed by atoms with Gasteiger partial charge >= 0.3 is 5.69 Å². The molecular formula is C19H27N5O3. The monoisotopic (exact) mass is 373 g/mol. The molecule has 2 aromatic rings. The fraction of sp³-hybridized carbons (Fsp3) is 0.579. The highest BCUT2D eigenvalue weighted by atomic mass is 16.2. The highest BCUT2D eigenvalue weighted by Gasteiger charge is 2.25. The maximum atomic E-state index is 12.9. The summed E-state index contributed by atoms with van der Waals surface area (Å²) in [6.45, 7) is 4.19. The van der Waals surface area contributed by atoms with Crippen molar-refractivity contribution in [2.45, 2.75) is 26.2 Å². The normalized spacial score (nSPS) is 15.5. The van der Waals surface area contributed by atoms with Crippen LogP contribution in [0.4, 0.5) is 0 Å². The van der Waals surface area contributed by atoms with E-state index in [0.717, 1.165) is 30.4 Å². The van der Waals surface area contributed by atoms with Crippen molar-refractivity contribution in [2.24, 2.45) is 20.0 Å². The third-order valence-corrected chi connectivity index (χ3v) is 5.53. The molecule has 0 unspecified atom stereocenters. The second-order valence-corrected chi connectivity index (χ2v) is 7.36. The van der Waals surface area contributed by atoms with E-state index in [2.05, 4.69) is 10.3 Å². The lowest BCUT2D eigenvalue weighted by Gasteiger charge is -2.32. The maximum Gasteiger partial charge on any atom is 0.332 e. The third kappa shape index (κ3) is 3.53. The van der Waals surface area contributed by atoms with Crippen molar-refractivity contribution in [2.75, 3.05) is 26.7 Å². The summed E-state index contributed by atoms with van der Waals surface area (Å²) < 4.78 is 2.39. The van der Waals surface area contributed by atoms with Gasteiger partial charge in [-0.3, -0.25) is 18.7 Å². The van der Waals surface area contributed by atoms with Crippen LogP contribution < -0.4 is 16.6 Å². The van der Waals surface area contributed by atoms with Crippen LogP contribution in [0.25, 0.3) is 11.0 Å². The van der Waals surface area contributed by atoms with Gasteiger partial charge in [-0.05, 0) is 57.3 Å². The molecule has 1 fully saturated rings. The number of pyridine rings is 1. The third-order valence-electron chi connectivity index (χ3n) is 5.53. The SMILES string of the molecule is CNCCC1CCN(C(=O)c2cc(C)c3c(=O)n(C)c(=O)n(C)c3n2)CC1. The summed E-state index contributed by atoms with van der Waals surface area (Å²) in [6.07, 6.45) is 3.09. The second-order valence-electron chi connectivity index (χ2n) is 7.36. The Balaban J connectivity index is 1.91. The Morgan fingerprint density at radius 1 is 1.22 bits per heavy atom. The van der Waals surface area contributed by atoms with E-state index in [-0.39, 0.29) is 22.8 Å². The number of fused-ring (bicyclic) bond motifs is 1. The number of carbonyl (C=O) groups excluding carboxylic acids is 1. The molecule has 0 aliphatic carbocycles. The molecule has 0 spiro atoms. The first-order chi connectivity index (χ1) is 12.8. The average Bonchev–Trinajstić information content (AvgIpc) is 2.68. The predicted molar refractivity (Wildman–Crippen MR) is 104 cm³/mol. The zero-order chi connectivity index (χ0) is 19.7. The lowest BCUT2D eigenvalue weighted by Crippen LogP contribution is -2.40. The van der Waals surface area contributed by atoms with Gasteiger partial charge in [-0.1, -0.05) is 0 Å². The minimum atomic E-state index is -0.450. The standard InChI is InChI=1S/C19H27N5O3/c1-12-11-14(17(25)24-9-6-13(7-10-24)5-8-20-2)21-16-15(12)18(26)23(4)19(27)22(16)3/h11,13,20H,5-10H2,1-4H3. The van der Waals surface area contributed by atoms with E-state index in [0.29, 0.717) is 30.0 Å². The van der Waals surface area contributed by atoms with Crippen LogP contribution in [0.2, 0.25) is 0 Å². The minimum absolute atomic E-state index is 0.139. The van der Waals surface area contributed by atoms with Crippen molar-refractivity contribution < 1.29 is 4.79 Å². The molecule has 3 heterocycles. The zero-order valence-corrected chi connectivity index (χ0v) is 16.4. The van der Waals surface area contributed by atoms with Crippen LogP contribution >= 0.6 is 0 Å². The van der Waals surface area contributed by atoms with Crippen LogP contribution in [0, 0.1) is 12.8 Å². The summed E-state index contributed by atoms with van der Waals surface area (Å²) in [6, 6.07) is 1.66. The van der Waals surface area contributed by atoms with Crippen molar-refractivity contribution in [3.05, 3.63) is 38.2 Å². The van der Waals surface area contributed by atoms with Gasteiger partial charge in [0.2, 0.25) is 0 Å². The molecule has 0 bridgehead atoms. The lowest BCUT2D eigenvalue weighted by atomic mass is 9.93. The van der Waals surface area contributed by atoms with Gasteiger partial charge in [-0.25, -0.2) is 9.78 Å². The number of piperidine rings is 1. The van der Waals surface area contributed by atoms with Crippen LogP contribution in [0.5, 0.6) is 0 Å². The van der Waals surface area contributed by atoms with Crippen LogP contribution in [0.15, 0.2) is 15.7 Å². The van der Waals surface area contributed by atoms with Crippen molar-refractivity contribution in [1.29, 1.82) is 0 Å². The van der Waals surface area contributed by atoms with Gasteiger partial charge in [0.15, 0.2) is 0 Å². The van der Waals surface area contributed by atoms with Gasteiger partial charge in [0.1, 0.15) is 11.3 Å². The first kappa shape index (κ1) is 19.3. The summed E-state index contributed by atoms with van der Waals surface area (Å²) in [5.41, 5.74) is 0.368. The second kappa shape index (κ2) is 7.64. The zero-order valence-electron chi connectivity index (χ0n) is 16.4. The van der Waals surface area contributed by atoms with Gasteiger partial charge < -0.3 is 10.2 Å². The van der Waals surface area contributed by atoms with Gasteiger partial charge in [0, 0.05) is 27.2 Å². The highest BCUT2D eigenvalue weighted by Crippen LogP contribution is 2.22. The summed E-state index contributed by atoms with van der Waals surface area (Å²) in [4.78, 5) is 43.8. The average molecular weight is 373 g/mol. The molecule has 0 aromatic carbocycles. The minimum Gasteiger partial charge on any atom is -0.337 e. The number of aromatic nitrogens is 3. The van der Waals surface area contributed by atoms with Gasteiger partial charge in [-0.2, -0.15) is 0 Å². The number of hydrogen-bond acceptors (Lipinski definition) is 5. The molecule has 146 valence electrons. The number of nitrogens with one attached hydrogen (secondary N) is 1. The van der Waals surface area contributed by atoms with Crippen LogP contribution in [-0.2, 0) is 14.1 Å². The smallest absolute Gasteiger partial charge is 0.332 e. The molecule has 1 aliphatic rings. The lowest BCUT2D eigenvalue weighted by molar-refractivity contribution is 0.0681. The molecule has 27 heavy (non-hydrogen) atoms. The largest absolute Gasteiger partial charge is 0.337 e. The predicted octanol–water partition coefficient (Wildman–Crippen LogP) is 0.402. The highest BCUT2D eigenvalue weighted by molar-refractivity contribution is 5.95. The number of amides is 1. The van der Waals surface area contributed by atoms with Crippen molar-refractivity contribution in [3.8, 4) is 0 Å². The number of aryl methyl sites for hydroxylation is 2.